The summed E-state index contributed by atoms with van der Waals surface area (Å²) in [5, 5.41) is 18.4. The van der Waals surface area contributed by atoms with Gasteiger partial charge in [0.15, 0.2) is 0 Å². The molecule has 116 valence electrons. The lowest BCUT2D eigenvalue weighted by Gasteiger charge is -2.32. The van der Waals surface area contributed by atoms with Crippen molar-refractivity contribution in [1.82, 2.24) is 10.6 Å². The van der Waals surface area contributed by atoms with E-state index in [9.17, 15) is 5.11 Å². The van der Waals surface area contributed by atoms with Crippen molar-refractivity contribution in [3.8, 4) is 0 Å². The van der Waals surface area contributed by atoms with E-state index in [1.165, 1.54) is 31.4 Å². The molecule has 4 rings (SSSR count). The number of hydrogen-bond donors (Lipinski definition) is 3. The lowest BCUT2D eigenvalue weighted by atomic mass is 9.82. The van der Waals surface area contributed by atoms with Crippen molar-refractivity contribution in [3.63, 3.8) is 0 Å². The predicted octanol–water partition coefficient (Wildman–Crippen LogP) is 2.88. The summed E-state index contributed by atoms with van der Waals surface area (Å²) in [5.74, 6) is 0.780. The molecule has 4 aliphatic rings. The number of aliphatic hydroxyl groups is 1. The van der Waals surface area contributed by atoms with Crippen LogP contribution in [-0.2, 0) is 0 Å². The van der Waals surface area contributed by atoms with Gasteiger partial charge >= 0.3 is 0 Å². The van der Waals surface area contributed by atoms with E-state index in [2.05, 4.69) is 34.7 Å². The molecular formula is C17H26N2OS. The van der Waals surface area contributed by atoms with E-state index in [0.29, 0.717) is 11.4 Å². The zero-order valence-corrected chi connectivity index (χ0v) is 13.4. The van der Waals surface area contributed by atoms with E-state index in [-0.39, 0.29) is 6.10 Å². The average Bonchev–Trinajstić information content (AvgIpc) is 2.89. The van der Waals surface area contributed by atoms with Gasteiger partial charge in [-0.05, 0) is 62.3 Å². The molecule has 0 radical (unpaired) electrons. The molecule has 1 saturated heterocycles. The summed E-state index contributed by atoms with van der Waals surface area (Å²) in [7, 11) is 0. The molecule has 0 aromatic carbocycles. The Balaban J connectivity index is 1.53. The van der Waals surface area contributed by atoms with E-state index >= 15 is 0 Å². The van der Waals surface area contributed by atoms with Crippen LogP contribution in [0.2, 0.25) is 0 Å². The summed E-state index contributed by atoms with van der Waals surface area (Å²) in [4.78, 5) is 0. The normalized spacial score (nSPS) is 42.2. The summed E-state index contributed by atoms with van der Waals surface area (Å²) in [5.41, 5.74) is 3.03. The van der Waals surface area contributed by atoms with Crippen LogP contribution in [0.5, 0.6) is 0 Å². The van der Waals surface area contributed by atoms with Crippen LogP contribution in [0.25, 0.3) is 0 Å². The van der Waals surface area contributed by atoms with Gasteiger partial charge in [-0.3, -0.25) is 0 Å². The van der Waals surface area contributed by atoms with Gasteiger partial charge in [-0.25, -0.2) is 0 Å². The molecule has 0 aromatic heterocycles. The van der Waals surface area contributed by atoms with Gasteiger partial charge in [-0.1, -0.05) is 12.8 Å². The zero-order valence-electron chi connectivity index (χ0n) is 12.6. The maximum absolute atomic E-state index is 9.67. The summed E-state index contributed by atoms with van der Waals surface area (Å²) >= 11 is 2.14. The van der Waals surface area contributed by atoms with Crippen LogP contribution in [0.3, 0.4) is 0 Å². The molecule has 2 saturated carbocycles. The molecule has 2 aliphatic carbocycles. The quantitative estimate of drug-likeness (QED) is 0.734. The van der Waals surface area contributed by atoms with Crippen molar-refractivity contribution in [2.24, 2.45) is 5.92 Å². The minimum absolute atomic E-state index is 0.0678. The Labute approximate surface area is 131 Å². The van der Waals surface area contributed by atoms with Crippen LogP contribution in [0, 0.1) is 5.92 Å². The molecule has 0 spiro atoms. The van der Waals surface area contributed by atoms with E-state index < -0.39 is 0 Å². The Bertz CT molecular complexity index is 454. The molecule has 2 aliphatic heterocycles. The van der Waals surface area contributed by atoms with Gasteiger partial charge in [-0.2, -0.15) is 0 Å². The van der Waals surface area contributed by atoms with Crippen molar-refractivity contribution in [1.29, 1.82) is 0 Å². The second-order valence-electron chi connectivity index (χ2n) is 6.96. The highest BCUT2D eigenvalue weighted by Gasteiger charge is 2.42. The van der Waals surface area contributed by atoms with Gasteiger partial charge in [0.25, 0.3) is 0 Å². The Morgan fingerprint density at radius 1 is 1.10 bits per heavy atom. The lowest BCUT2D eigenvalue weighted by Crippen LogP contribution is -2.37. The predicted molar refractivity (Wildman–Crippen MR) is 87.8 cm³/mol. The number of aliphatic hydroxyl groups excluding tert-OH is 1. The lowest BCUT2D eigenvalue weighted by molar-refractivity contribution is 0.118. The van der Waals surface area contributed by atoms with Crippen molar-refractivity contribution in [2.45, 2.75) is 74.1 Å². The summed E-state index contributed by atoms with van der Waals surface area (Å²) in [6, 6.07) is 0.548. The number of dihydropyridines is 1. The van der Waals surface area contributed by atoms with Gasteiger partial charge in [0.2, 0.25) is 0 Å². The number of thioether (sulfide) groups is 1. The monoisotopic (exact) mass is 306 g/mol. The number of fused-ring (bicyclic) bond motifs is 3. The fourth-order valence-electron chi connectivity index (χ4n) is 4.41. The highest BCUT2D eigenvalue weighted by atomic mass is 32.2. The van der Waals surface area contributed by atoms with Gasteiger partial charge in [0, 0.05) is 17.0 Å². The molecule has 2 heterocycles. The molecule has 3 unspecified atom stereocenters. The zero-order chi connectivity index (χ0) is 14.2. The van der Waals surface area contributed by atoms with Gasteiger partial charge in [0.05, 0.1) is 11.5 Å². The second kappa shape index (κ2) is 5.88. The maximum atomic E-state index is 9.67. The maximum Gasteiger partial charge on any atom is 0.0963 e. The molecule has 0 bridgehead atoms. The van der Waals surface area contributed by atoms with Crippen molar-refractivity contribution >= 4 is 11.8 Å². The minimum atomic E-state index is -0.0678. The summed E-state index contributed by atoms with van der Waals surface area (Å²) in [6.07, 6.45) is 14.0. The summed E-state index contributed by atoms with van der Waals surface area (Å²) in [6.45, 7) is 0. The third-order valence-corrected chi connectivity index (χ3v) is 7.14. The van der Waals surface area contributed by atoms with Gasteiger partial charge in [0.1, 0.15) is 0 Å². The fraction of sp³-hybridized carbons (Fsp3) is 0.765. The van der Waals surface area contributed by atoms with Crippen molar-refractivity contribution < 1.29 is 5.11 Å². The Kier molecular flexibility index (Phi) is 3.92. The SMILES string of the molecule is OC1CCC(NC2=C3C(NC=C2)SC2CCCCC32)CC1. The Morgan fingerprint density at radius 2 is 1.90 bits per heavy atom. The summed E-state index contributed by atoms with van der Waals surface area (Å²) < 4.78 is 0. The number of allylic oxidation sites excluding steroid dienone is 1. The third kappa shape index (κ3) is 2.72. The average molecular weight is 306 g/mol. The molecule has 4 heteroatoms. The molecule has 0 amide bonds. The van der Waals surface area contributed by atoms with Crippen LogP contribution in [-0.4, -0.2) is 27.9 Å². The Hall–Kier alpha value is -0.610. The third-order valence-electron chi connectivity index (χ3n) is 5.56. The van der Waals surface area contributed by atoms with Crippen LogP contribution < -0.4 is 10.6 Å². The topological polar surface area (TPSA) is 44.3 Å². The van der Waals surface area contributed by atoms with Crippen molar-refractivity contribution in [2.75, 3.05) is 0 Å². The van der Waals surface area contributed by atoms with Crippen LogP contribution in [0.1, 0.15) is 51.4 Å². The van der Waals surface area contributed by atoms with E-state index in [1.807, 2.05) is 0 Å². The molecule has 3 nitrogen and oxygen atoms in total. The first-order valence-electron chi connectivity index (χ1n) is 8.58. The largest absolute Gasteiger partial charge is 0.393 e. The second-order valence-corrected chi connectivity index (χ2v) is 8.31. The van der Waals surface area contributed by atoms with E-state index in [4.69, 9.17) is 0 Å². The highest BCUT2D eigenvalue weighted by Crippen LogP contribution is 2.50. The highest BCUT2D eigenvalue weighted by molar-refractivity contribution is 8.01. The first kappa shape index (κ1) is 14.0. The number of nitrogens with one attached hydrogen (secondary N) is 2. The molecule has 0 aromatic rings. The molecule has 3 atom stereocenters. The van der Waals surface area contributed by atoms with Crippen molar-refractivity contribution in [3.05, 3.63) is 23.5 Å². The fourth-order valence-corrected chi connectivity index (χ4v) is 6.14. The molecular weight excluding hydrogens is 280 g/mol. The van der Waals surface area contributed by atoms with Gasteiger partial charge in [-0.15, -0.1) is 11.8 Å². The van der Waals surface area contributed by atoms with Crippen LogP contribution in [0.15, 0.2) is 23.5 Å². The standard InChI is InChI=1S/C17H26N2OS/c20-12-7-5-11(6-8-12)19-14-9-10-18-17-16(14)13-3-1-2-4-15(13)21-17/h9-13,15,17-20H,1-8H2. The molecule has 21 heavy (non-hydrogen) atoms. The van der Waals surface area contributed by atoms with Gasteiger partial charge < -0.3 is 15.7 Å². The van der Waals surface area contributed by atoms with Crippen LogP contribution in [0.4, 0.5) is 0 Å². The molecule has 3 fully saturated rings. The number of rotatable bonds is 2. The molecule has 3 N–H and O–H groups in total. The number of hydrogen-bond acceptors (Lipinski definition) is 4. The Morgan fingerprint density at radius 3 is 2.76 bits per heavy atom. The van der Waals surface area contributed by atoms with E-state index in [0.717, 1.165) is 36.9 Å². The first-order chi connectivity index (χ1) is 10.3. The van der Waals surface area contributed by atoms with E-state index in [1.54, 1.807) is 5.57 Å². The first-order valence-corrected chi connectivity index (χ1v) is 9.52. The van der Waals surface area contributed by atoms with Crippen LogP contribution >= 0.6 is 11.8 Å². The minimum Gasteiger partial charge on any atom is -0.393 e. The smallest absolute Gasteiger partial charge is 0.0963 e.